The molecule has 2 aliphatic carbocycles. The van der Waals surface area contributed by atoms with Crippen molar-refractivity contribution in [3.63, 3.8) is 0 Å². The standard InChI is InChI=1S/C20H24Cl2N2O2/c1-13-20(12-25,16-6-7-17(21)18(22)8-16)11-23(9-14-2-3-14)19(26)24(13)10-15-4-5-15/h6-8,12-15H,2-5,9-11H2,1H3. The summed E-state index contributed by atoms with van der Waals surface area (Å²) in [5.41, 5.74) is 0.0508. The Balaban J connectivity index is 1.72. The monoisotopic (exact) mass is 394 g/mol. The van der Waals surface area contributed by atoms with E-state index in [1.54, 1.807) is 12.1 Å². The van der Waals surface area contributed by atoms with Crippen LogP contribution in [0.4, 0.5) is 4.79 Å². The Kier molecular flexibility index (Phi) is 4.68. The third-order valence-corrected chi connectivity index (χ3v) is 6.92. The van der Waals surface area contributed by atoms with Crippen LogP contribution in [0.5, 0.6) is 0 Å². The molecule has 4 rings (SSSR count). The van der Waals surface area contributed by atoms with Crippen LogP contribution >= 0.6 is 23.2 Å². The minimum Gasteiger partial charge on any atom is -0.323 e. The first-order valence-corrected chi connectivity index (χ1v) is 10.2. The molecule has 2 atom stereocenters. The molecule has 3 aliphatic rings. The predicted octanol–water partition coefficient (Wildman–Crippen LogP) is 4.38. The Labute approximate surface area is 164 Å². The zero-order valence-electron chi connectivity index (χ0n) is 15.0. The van der Waals surface area contributed by atoms with Gasteiger partial charge in [-0.2, -0.15) is 0 Å². The van der Waals surface area contributed by atoms with Crippen molar-refractivity contribution in [1.82, 2.24) is 9.80 Å². The second-order valence-corrected chi connectivity index (χ2v) is 8.98. The average Bonchev–Trinajstić information content (AvgIpc) is 3.52. The third kappa shape index (κ3) is 3.22. The van der Waals surface area contributed by atoms with E-state index in [2.05, 4.69) is 0 Å². The lowest BCUT2D eigenvalue weighted by Gasteiger charge is -2.50. The van der Waals surface area contributed by atoms with Crippen molar-refractivity contribution in [2.75, 3.05) is 19.6 Å². The molecule has 1 aromatic rings. The lowest BCUT2D eigenvalue weighted by Crippen LogP contribution is -2.66. The normalized spacial score (nSPS) is 29.2. The second kappa shape index (κ2) is 6.72. The van der Waals surface area contributed by atoms with Gasteiger partial charge >= 0.3 is 6.03 Å². The van der Waals surface area contributed by atoms with Gasteiger partial charge in [-0.05, 0) is 62.1 Å². The quantitative estimate of drug-likeness (QED) is 0.671. The van der Waals surface area contributed by atoms with Crippen LogP contribution in [-0.4, -0.2) is 47.8 Å². The Bertz CT molecular complexity index is 733. The van der Waals surface area contributed by atoms with Crippen LogP contribution < -0.4 is 0 Å². The number of urea groups is 1. The first kappa shape index (κ1) is 18.1. The van der Waals surface area contributed by atoms with Gasteiger partial charge in [0.1, 0.15) is 6.29 Å². The number of nitrogens with zero attached hydrogens (tertiary/aromatic N) is 2. The van der Waals surface area contributed by atoms with Gasteiger partial charge in [-0.15, -0.1) is 0 Å². The molecule has 0 bridgehead atoms. The molecule has 140 valence electrons. The van der Waals surface area contributed by atoms with Gasteiger partial charge in [0.2, 0.25) is 0 Å². The Morgan fingerprint density at radius 3 is 2.35 bits per heavy atom. The summed E-state index contributed by atoms with van der Waals surface area (Å²) in [6, 6.07) is 5.27. The number of carbonyl (C=O) groups is 2. The van der Waals surface area contributed by atoms with Gasteiger partial charge in [0.15, 0.2) is 0 Å². The topological polar surface area (TPSA) is 40.6 Å². The number of hydrogen-bond acceptors (Lipinski definition) is 2. The molecular weight excluding hydrogens is 371 g/mol. The molecule has 0 radical (unpaired) electrons. The maximum Gasteiger partial charge on any atom is 0.320 e. The van der Waals surface area contributed by atoms with E-state index in [0.717, 1.165) is 24.9 Å². The van der Waals surface area contributed by atoms with Crippen molar-refractivity contribution in [2.45, 2.75) is 44.1 Å². The number of halogens is 2. The van der Waals surface area contributed by atoms with Gasteiger partial charge in [-0.25, -0.2) is 4.79 Å². The molecule has 26 heavy (non-hydrogen) atoms. The number of aldehydes is 1. The lowest BCUT2D eigenvalue weighted by atomic mass is 9.73. The van der Waals surface area contributed by atoms with Gasteiger partial charge in [0.05, 0.1) is 15.5 Å². The SMILES string of the molecule is CC1N(CC2CC2)C(=O)N(CC2CC2)CC1(C=O)c1ccc(Cl)c(Cl)c1. The van der Waals surface area contributed by atoms with E-state index >= 15 is 0 Å². The highest BCUT2D eigenvalue weighted by atomic mass is 35.5. The molecule has 1 saturated heterocycles. The van der Waals surface area contributed by atoms with Crippen LogP contribution in [-0.2, 0) is 10.2 Å². The lowest BCUT2D eigenvalue weighted by molar-refractivity contribution is -0.116. The highest BCUT2D eigenvalue weighted by Gasteiger charge is 2.51. The summed E-state index contributed by atoms with van der Waals surface area (Å²) >= 11 is 12.3. The number of carbonyl (C=O) groups excluding carboxylic acids is 2. The molecular formula is C20H24Cl2N2O2. The van der Waals surface area contributed by atoms with Crippen LogP contribution in [0, 0.1) is 11.8 Å². The van der Waals surface area contributed by atoms with Crippen LogP contribution in [0.1, 0.15) is 38.2 Å². The molecule has 0 spiro atoms. The maximum atomic E-state index is 13.1. The van der Waals surface area contributed by atoms with Crippen molar-refractivity contribution in [3.05, 3.63) is 33.8 Å². The first-order chi connectivity index (χ1) is 12.4. The highest BCUT2D eigenvalue weighted by molar-refractivity contribution is 6.42. The number of hydrogen-bond donors (Lipinski definition) is 0. The van der Waals surface area contributed by atoms with Crippen molar-refractivity contribution >= 4 is 35.5 Å². The molecule has 2 amide bonds. The number of amides is 2. The van der Waals surface area contributed by atoms with Crippen LogP contribution in [0.15, 0.2) is 18.2 Å². The molecule has 1 aromatic carbocycles. The number of benzene rings is 1. The van der Waals surface area contributed by atoms with Crippen LogP contribution in [0.3, 0.4) is 0 Å². The Morgan fingerprint density at radius 1 is 1.12 bits per heavy atom. The summed E-state index contributed by atoms with van der Waals surface area (Å²) in [4.78, 5) is 29.4. The summed E-state index contributed by atoms with van der Waals surface area (Å²) in [6.45, 7) is 3.87. The highest BCUT2D eigenvalue weighted by Crippen LogP contribution is 2.41. The zero-order valence-corrected chi connectivity index (χ0v) is 16.5. The summed E-state index contributed by atoms with van der Waals surface area (Å²) in [5.74, 6) is 1.15. The van der Waals surface area contributed by atoms with Crippen molar-refractivity contribution < 1.29 is 9.59 Å². The van der Waals surface area contributed by atoms with Crippen LogP contribution in [0.25, 0.3) is 0 Å². The van der Waals surface area contributed by atoms with E-state index in [0.29, 0.717) is 28.4 Å². The predicted molar refractivity (Wildman–Crippen MR) is 103 cm³/mol. The van der Waals surface area contributed by atoms with E-state index in [1.165, 1.54) is 25.7 Å². The summed E-state index contributed by atoms with van der Waals surface area (Å²) in [5, 5.41) is 0.914. The Hall–Kier alpha value is -1.26. The minimum absolute atomic E-state index is 0.0776. The first-order valence-electron chi connectivity index (χ1n) is 9.42. The van der Waals surface area contributed by atoms with E-state index in [4.69, 9.17) is 23.2 Å². The van der Waals surface area contributed by atoms with E-state index < -0.39 is 5.41 Å². The van der Waals surface area contributed by atoms with E-state index in [9.17, 15) is 9.59 Å². The fourth-order valence-corrected chi connectivity index (χ4v) is 4.33. The fourth-order valence-electron chi connectivity index (χ4n) is 4.03. The second-order valence-electron chi connectivity index (χ2n) is 8.17. The minimum atomic E-state index is -0.786. The van der Waals surface area contributed by atoms with Crippen LogP contribution in [0.2, 0.25) is 10.0 Å². The summed E-state index contributed by atoms with van der Waals surface area (Å²) in [7, 11) is 0. The van der Waals surface area contributed by atoms with E-state index in [1.807, 2.05) is 22.8 Å². The molecule has 2 saturated carbocycles. The fraction of sp³-hybridized carbons (Fsp3) is 0.600. The van der Waals surface area contributed by atoms with Gasteiger partial charge in [0.25, 0.3) is 0 Å². The smallest absolute Gasteiger partial charge is 0.320 e. The third-order valence-electron chi connectivity index (χ3n) is 6.18. The molecule has 4 nitrogen and oxygen atoms in total. The molecule has 1 heterocycles. The molecule has 3 fully saturated rings. The number of rotatable bonds is 6. The van der Waals surface area contributed by atoms with Crippen molar-refractivity contribution in [2.24, 2.45) is 11.8 Å². The molecule has 2 unspecified atom stereocenters. The summed E-state index contributed by atoms with van der Waals surface area (Å²) < 4.78 is 0. The van der Waals surface area contributed by atoms with Gasteiger partial charge in [0, 0.05) is 25.7 Å². The van der Waals surface area contributed by atoms with Gasteiger partial charge < -0.3 is 14.6 Å². The largest absolute Gasteiger partial charge is 0.323 e. The van der Waals surface area contributed by atoms with E-state index in [-0.39, 0.29) is 12.1 Å². The van der Waals surface area contributed by atoms with Gasteiger partial charge in [-0.1, -0.05) is 29.3 Å². The summed E-state index contributed by atoms with van der Waals surface area (Å²) in [6.07, 6.45) is 5.69. The molecule has 0 N–H and O–H groups in total. The Morgan fingerprint density at radius 2 is 1.77 bits per heavy atom. The average molecular weight is 395 g/mol. The van der Waals surface area contributed by atoms with Crippen molar-refractivity contribution in [3.8, 4) is 0 Å². The van der Waals surface area contributed by atoms with Gasteiger partial charge in [-0.3, -0.25) is 0 Å². The molecule has 0 aromatic heterocycles. The molecule has 6 heteroatoms. The van der Waals surface area contributed by atoms with Crippen molar-refractivity contribution in [1.29, 1.82) is 0 Å². The maximum absolute atomic E-state index is 13.1. The molecule has 1 aliphatic heterocycles. The zero-order chi connectivity index (χ0) is 18.5.